The van der Waals surface area contributed by atoms with Crippen molar-refractivity contribution in [3.05, 3.63) is 35.4 Å². The van der Waals surface area contributed by atoms with Gasteiger partial charge in [0.25, 0.3) is 0 Å². The number of nitrogens with two attached hydrogens (primary N) is 1. The summed E-state index contributed by atoms with van der Waals surface area (Å²) in [5, 5.41) is 0. The molecule has 1 aromatic rings. The van der Waals surface area contributed by atoms with E-state index in [1.54, 1.807) is 0 Å². The van der Waals surface area contributed by atoms with Crippen molar-refractivity contribution in [3.63, 3.8) is 0 Å². The summed E-state index contributed by atoms with van der Waals surface area (Å²) in [6, 6.07) is 7.66. The number of hydrogen-bond donors (Lipinski definition) is 1. The maximum Gasteiger partial charge on any atom is 0.0242 e. The molecule has 2 N–H and O–H groups in total. The van der Waals surface area contributed by atoms with Crippen LogP contribution < -0.4 is 5.73 Å². The van der Waals surface area contributed by atoms with E-state index in [0.717, 1.165) is 11.1 Å². The minimum atomic E-state index is 0. The Balaban J connectivity index is 0. The fourth-order valence-corrected chi connectivity index (χ4v) is 0.737. The van der Waals surface area contributed by atoms with Crippen LogP contribution in [-0.4, -0.2) is 0 Å². The van der Waals surface area contributed by atoms with E-state index in [9.17, 15) is 0 Å². The lowest BCUT2D eigenvalue weighted by Crippen LogP contribution is -1.94. The van der Waals surface area contributed by atoms with Crippen molar-refractivity contribution in [1.82, 2.24) is 0 Å². The van der Waals surface area contributed by atoms with Gasteiger partial charge in [-0.1, -0.05) is 18.1 Å². The summed E-state index contributed by atoms with van der Waals surface area (Å²) < 4.78 is 0. The molecule has 0 spiro atoms. The largest absolute Gasteiger partial charge is 0.326 e. The van der Waals surface area contributed by atoms with Gasteiger partial charge in [-0.05, 0) is 17.7 Å². The zero-order chi connectivity index (χ0) is 7.40. The molecule has 0 radical (unpaired) electrons. The Morgan fingerprint density at radius 3 is 2.00 bits per heavy atom. The van der Waals surface area contributed by atoms with Gasteiger partial charge in [0.2, 0.25) is 0 Å². The smallest absolute Gasteiger partial charge is 0.0242 e. The normalized spacial score (nSPS) is 7.33. The van der Waals surface area contributed by atoms with Crippen LogP contribution in [0.15, 0.2) is 24.3 Å². The van der Waals surface area contributed by atoms with E-state index < -0.39 is 0 Å². The molecule has 1 nitrogen and oxygen atoms in total. The van der Waals surface area contributed by atoms with Crippen molar-refractivity contribution in [2.75, 3.05) is 0 Å². The Morgan fingerprint density at radius 1 is 1.17 bits per heavy atom. The van der Waals surface area contributed by atoms with Crippen LogP contribution in [0.2, 0.25) is 0 Å². The lowest BCUT2D eigenvalue weighted by molar-refractivity contribution is 1.07. The van der Waals surface area contributed by atoms with E-state index in [1.165, 1.54) is 0 Å². The standard InChI is InChI=1S/C9H9N.2ClH/c1-2-8-3-5-9(7-10)6-4-8;;/h1,3-6H,7,10H2;2*1H. The number of benzene rings is 1. The third-order valence-electron chi connectivity index (χ3n) is 1.36. The maximum absolute atomic E-state index is 5.39. The maximum atomic E-state index is 5.39. The van der Waals surface area contributed by atoms with Crippen molar-refractivity contribution in [2.24, 2.45) is 5.73 Å². The topological polar surface area (TPSA) is 26.0 Å². The number of halogens is 2. The Kier molecular flexibility index (Phi) is 8.09. The van der Waals surface area contributed by atoms with Gasteiger partial charge in [-0.3, -0.25) is 0 Å². The summed E-state index contributed by atoms with van der Waals surface area (Å²) in [5.74, 6) is 2.54. The van der Waals surface area contributed by atoms with Gasteiger partial charge < -0.3 is 5.73 Å². The van der Waals surface area contributed by atoms with Crippen molar-refractivity contribution in [2.45, 2.75) is 6.54 Å². The Bertz CT molecular complexity index is 248. The summed E-state index contributed by atoms with van der Waals surface area (Å²) in [5.41, 5.74) is 7.40. The highest BCUT2D eigenvalue weighted by Crippen LogP contribution is 2.01. The molecule has 0 saturated carbocycles. The fraction of sp³-hybridized carbons (Fsp3) is 0.111. The van der Waals surface area contributed by atoms with E-state index in [1.807, 2.05) is 24.3 Å². The van der Waals surface area contributed by atoms with Crippen LogP contribution >= 0.6 is 24.8 Å². The van der Waals surface area contributed by atoms with Gasteiger partial charge >= 0.3 is 0 Å². The molecule has 0 unspecified atom stereocenters. The second-order valence-corrected chi connectivity index (χ2v) is 2.05. The third kappa shape index (κ3) is 3.64. The van der Waals surface area contributed by atoms with Gasteiger partial charge in [-0.15, -0.1) is 31.2 Å². The summed E-state index contributed by atoms with van der Waals surface area (Å²) in [4.78, 5) is 0. The van der Waals surface area contributed by atoms with E-state index in [-0.39, 0.29) is 24.8 Å². The predicted molar refractivity (Wildman–Crippen MR) is 56.8 cm³/mol. The van der Waals surface area contributed by atoms with Gasteiger partial charge in [0.15, 0.2) is 0 Å². The lowest BCUT2D eigenvalue weighted by atomic mass is 10.1. The molecule has 0 amide bonds. The van der Waals surface area contributed by atoms with Crippen molar-refractivity contribution >= 4 is 24.8 Å². The Labute approximate surface area is 85.2 Å². The van der Waals surface area contributed by atoms with Crippen molar-refractivity contribution < 1.29 is 0 Å². The van der Waals surface area contributed by atoms with Crippen LogP contribution in [0.5, 0.6) is 0 Å². The third-order valence-corrected chi connectivity index (χ3v) is 1.36. The Morgan fingerprint density at radius 2 is 1.67 bits per heavy atom. The second kappa shape index (κ2) is 7.00. The van der Waals surface area contributed by atoms with Crippen LogP contribution in [0.3, 0.4) is 0 Å². The summed E-state index contributed by atoms with van der Waals surface area (Å²) in [6.07, 6.45) is 5.16. The number of rotatable bonds is 1. The van der Waals surface area contributed by atoms with Crippen molar-refractivity contribution in [1.29, 1.82) is 0 Å². The molecule has 1 aromatic carbocycles. The minimum absolute atomic E-state index is 0. The van der Waals surface area contributed by atoms with E-state index in [4.69, 9.17) is 12.2 Å². The molecule has 0 bridgehead atoms. The first-order valence-electron chi connectivity index (χ1n) is 3.12. The molecule has 66 valence electrons. The van der Waals surface area contributed by atoms with Crippen LogP contribution in [-0.2, 0) is 6.54 Å². The molecule has 0 aliphatic carbocycles. The highest BCUT2D eigenvalue weighted by Gasteiger charge is 1.87. The summed E-state index contributed by atoms with van der Waals surface area (Å²) in [7, 11) is 0. The lowest BCUT2D eigenvalue weighted by Gasteiger charge is -1.94. The first-order chi connectivity index (χ1) is 4.86. The average Bonchev–Trinajstić information content (AvgIpc) is 2.05. The molecule has 0 aromatic heterocycles. The highest BCUT2D eigenvalue weighted by atomic mass is 35.5. The molecule has 0 heterocycles. The fourth-order valence-electron chi connectivity index (χ4n) is 0.737. The predicted octanol–water partition coefficient (Wildman–Crippen LogP) is 1.97. The quantitative estimate of drug-likeness (QED) is 0.695. The van der Waals surface area contributed by atoms with Gasteiger partial charge in [-0.2, -0.15) is 0 Å². The number of hydrogen-bond acceptors (Lipinski definition) is 1. The second-order valence-electron chi connectivity index (χ2n) is 2.05. The van der Waals surface area contributed by atoms with Gasteiger partial charge in [0.05, 0.1) is 0 Å². The molecule has 0 aliphatic rings. The molecule has 0 atom stereocenters. The molecule has 0 fully saturated rings. The zero-order valence-corrected chi connectivity index (χ0v) is 8.12. The van der Waals surface area contributed by atoms with E-state index in [0.29, 0.717) is 6.54 Å². The first kappa shape index (κ1) is 13.9. The first-order valence-corrected chi connectivity index (χ1v) is 3.12. The molecule has 3 heteroatoms. The van der Waals surface area contributed by atoms with Gasteiger partial charge in [-0.25, -0.2) is 0 Å². The van der Waals surface area contributed by atoms with Gasteiger partial charge in [0, 0.05) is 12.1 Å². The van der Waals surface area contributed by atoms with Gasteiger partial charge in [0.1, 0.15) is 0 Å². The SMILES string of the molecule is C#Cc1ccc(CN)cc1.Cl.Cl. The molecule has 12 heavy (non-hydrogen) atoms. The highest BCUT2D eigenvalue weighted by molar-refractivity contribution is 5.85. The van der Waals surface area contributed by atoms with Crippen LogP contribution in [0, 0.1) is 12.3 Å². The van der Waals surface area contributed by atoms with Crippen LogP contribution in [0.4, 0.5) is 0 Å². The molecule has 0 saturated heterocycles. The average molecular weight is 204 g/mol. The number of terminal acetylenes is 1. The van der Waals surface area contributed by atoms with E-state index in [2.05, 4.69) is 5.92 Å². The Hall–Kier alpha value is -0.680. The molecular formula is C9H11Cl2N. The van der Waals surface area contributed by atoms with E-state index >= 15 is 0 Å². The zero-order valence-electron chi connectivity index (χ0n) is 6.49. The summed E-state index contributed by atoms with van der Waals surface area (Å²) in [6.45, 7) is 0.574. The summed E-state index contributed by atoms with van der Waals surface area (Å²) >= 11 is 0. The molecule has 0 aliphatic heterocycles. The molecule has 1 rings (SSSR count). The van der Waals surface area contributed by atoms with Crippen LogP contribution in [0.1, 0.15) is 11.1 Å². The minimum Gasteiger partial charge on any atom is -0.326 e. The van der Waals surface area contributed by atoms with Crippen LogP contribution in [0.25, 0.3) is 0 Å². The monoisotopic (exact) mass is 203 g/mol. The molecular weight excluding hydrogens is 193 g/mol. The van der Waals surface area contributed by atoms with Crippen molar-refractivity contribution in [3.8, 4) is 12.3 Å².